The maximum absolute atomic E-state index is 13.6. The van der Waals surface area contributed by atoms with E-state index >= 15 is 0 Å². The number of ketones is 1. The van der Waals surface area contributed by atoms with Crippen molar-refractivity contribution in [1.82, 2.24) is 0 Å². The van der Waals surface area contributed by atoms with Crippen molar-refractivity contribution in [3.8, 4) is 11.5 Å². The SMILES string of the molecule is CCOc1ccc(/C(O)=C2\C(=O)C(=O)N(c3cc(C)cc(C)c3)C2c2ccccc2OC)cc1C(C)C. The van der Waals surface area contributed by atoms with Gasteiger partial charge >= 0.3 is 0 Å². The van der Waals surface area contributed by atoms with Gasteiger partial charge in [-0.2, -0.15) is 0 Å². The first-order valence-corrected chi connectivity index (χ1v) is 12.5. The molecule has 3 aromatic rings. The van der Waals surface area contributed by atoms with Crippen LogP contribution in [0.3, 0.4) is 0 Å². The van der Waals surface area contributed by atoms with E-state index in [0.717, 1.165) is 22.4 Å². The summed E-state index contributed by atoms with van der Waals surface area (Å²) in [6.07, 6.45) is 0. The highest BCUT2D eigenvalue weighted by molar-refractivity contribution is 6.51. The molecule has 0 aliphatic carbocycles. The summed E-state index contributed by atoms with van der Waals surface area (Å²) >= 11 is 0. The molecule has 0 radical (unpaired) electrons. The van der Waals surface area contributed by atoms with Crippen LogP contribution in [-0.2, 0) is 9.59 Å². The van der Waals surface area contributed by atoms with Crippen LogP contribution in [0, 0.1) is 13.8 Å². The molecule has 0 bridgehead atoms. The number of aliphatic hydroxyl groups is 1. The minimum atomic E-state index is -0.869. The lowest BCUT2D eigenvalue weighted by Gasteiger charge is -2.27. The molecule has 1 aliphatic heterocycles. The number of aliphatic hydroxyl groups excluding tert-OH is 1. The molecule has 3 aromatic carbocycles. The Hall–Kier alpha value is -4.06. The number of carbonyl (C=O) groups excluding carboxylic acids is 2. The zero-order valence-corrected chi connectivity index (χ0v) is 22.2. The Bertz CT molecular complexity index is 1370. The fraction of sp³-hybridized carbons (Fsp3) is 0.290. The Morgan fingerprint density at radius 2 is 1.65 bits per heavy atom. The van der Waals surface area contributed by atoms with E-state index in [0.29, 0.717) is 29.2 Å². The van der Waals surface area contributed by atoms with Crippen LogP contribution in [-0.4, -0.2) is 30.5 Å². The number of methoxy groups -OCH3 is 1. The van der Waals surface area contributed by atoms with Crippen molar-refractivity contribution in [3.05, 3.63) is 94.1 Å². The summed E-state index contributed by atoms with van der Waals surface area (Å²) in [5.74, 6) is -0.302. The molecule has 0 saturated carbocycles. The van der Waals surface area contributed by atoms with Crippen molar-refractivity contribution >= 4 is 23.1 Å². The van der Waals surface area contributed by atoms with Gasteiger partial charge < -0.3 is 14.6 Å². The van der Waals surface area contributed by atoms with E-state index in [9.17, 15) is 14.7 Å². The fourth-order valence-corrected chi connectivity index (χ4v) is 4.96. The molecular weight excluding hydrogens is 466 g/mol. The Morgan fingerprint density at radius 1 is 0.973 bits per heavy atom. The molecule has 37 heavy (non-hydrogen) atoms. The normalized spacial score (nSPS) is 16.9. The monoisotopic (exact) mass is 499 g/mol. The Kier molecular flexibility index (Phi) is 7.39. The van der Waals surface area contributed by atoms with Crippen molar-refractivity contribution < 1.29 is 24.2 Å². The molecule has 1 saturated heterocycles. The third kappa shape index (κ3) is 4.84. The molecule has 4 rings (SSSR count). The highest BCUT2D eigenvalue weighted by atomic mass is 16.5. The van der Waals surface area contributed by atoms with Crippen LogP contribution >= 0.6 is 0 Å². The van der Waals surface area contributed by atoms with Gasteiger partial charge in [0.2, 0.25) is 0 Å². The Balaban J connectivity index is 1.99. The van der Waals surface area contributed by atoms with Crippen LogP contribution in [0.5, 0.6) is 11.5 Å². The van der Waals surface area contributed by atoms with Gasteiger partial charge in [0.15, 0.2) is 0 Å². The van der Waals surface area contributed by atoms with E-state index in [1.165, 1.54) is 4.90 Å². The van der Waals surface area contributed by atoms with Crippen LogP contribution in [0.2, 0.25) is 0 Å². The number of hydrogen-bond donors (Lipinski definition) is 1. The molecule has 1 heterocycles. The number of carbonyl (C=O) groups is 2. The van der Waals surface area contributed by atoms with Gasteiger partial charge in [-0.3, -0.25) is 14.5 Å². The van der Waals surface area contributed by atoms with Crippen LogP contribution in [0.1, 0.15) is 60.5 Å². The molecule has 0 spiro atoms. The number of amides is 1. The van der Waals surface area contributed by atoms with Gasteiger partial charge in [0.05, 0.1) is 25.3 Å². The van der Waals surface area contributed by atoms with Gasteiger partial charge in [-0.25, -0.2) is 0 Å². The molecule has 1 fully saturated rings. The van der Waals surface area contributed by atoms with Gasteiger partial charge in [0, 0.05) is 16.8 Å². The van der Waals surface area contributed by atoms with E-state index in [4.69, 9.17) is 9.47 Å². The second-order valence-electron chi connectivity index (χ2n) is 9.60. The topological polar surface area (TPSA) is 76.1 Å². The smallest absolute Gasteiger partial charge is 0.300 e. The first kappa shape index (κ1) is 26.0. The number of Topliss-reactive ketones (excluding diaryl/α,β-unsaturated/α-hetero) is 1. The van der Waals surface area contributed by atoms with Crippen LogP contribution in [0.15, 0.2) is 66.2 Å². The number of ether oxygens (including phenoxy) is 2. The van der Waals surface area contributed by atoms with Crippen molar-refractivity contribution in [2.24, 2.45) is 0 Å². The van der Waals surface area contributed by atoms with Crippen LogP contribution in [0.25, 0.3) is 5.76 Å². The molecule has 1 atom stereocenters. The van der Waals surface area contributed by atoms with Gasteiger partial charge in [-0.05, 0) is 79.8 Å². The maximum Gasteiger partial charge on any atom is 0.300 e. The van der Waals surface area contributed by atoms with Gasteiger partial charge in [-0.15, -0.1) is 0 Å². The average Bonchev–Trinajstić information content (AvgIpc) is 3.13. The molecular formula is C31H33NO5. The van der Waals surface area contributed by atoms with Crippen molar-refractivity contribution in [1.29, 1.82) is 0 Å². The van der Waals surface area contributed by atoms with Gasteiger partial charge in [0.1, 0.15) is 17.3 Å². The zero-order valence-electron chi connectivity index (χ0n) is 22.2. The standard InChI is InChI=1S/C31H33NO5/c1-7-37-26-13-12-21(17-24(26)18(2)3)29(33)27-28(23-10-8-9-11-25(23)36-6)32(31(35)30(27)34)22-15-19(4)14-20(5)16-22/h8-18,28,33H,7H2,1-6H3/b29-27+. The number of rotatable bonds is 7. The molecule has 1 aliphatic rings. The Morgan fingerprint density at radius 3 is 2.27 bits per heavy atom. The second-order valence-corrected chi connectivity index (χ2v) is 9.60. The minimum Gasteiger partial charge on any atom is -0.507 e. The summed E-state index contributed by atoms with van der Waals surface area (Å²) in [5.41, 5.74) is 4.50. The number of para-hydroxylation sites is 1. The van der Waals surface area contributed by atoms with Gasteiger partial charge in [-0.1, -0.05) is 38.1 Å². The average molecular weight is 500 g/mol. The van der Waals surface area contributed by atoms with E-state index < -0.39 is 17.7 Å². The van der Waals surface area contributed by atoms with Crippen LogP contribution in [0.4, 0.5) is 5.69 Å². The van der Waals surface area contributed by atoms with E-state index in [1.54, 1.807) is 25.3 Å². The molecule has 192 valence electrons. The summed E-state index contributed by atoms with van der Waals surface area (Å²) in [4.78, 5) is 28.6. The highest BCUT2D eigenvalue weighted by Gasteiger charge is 2.48. The molecule has 0 aromatic heterocycles. The first-order valence-electron chi connectivity index (χ1n) is 12.5. The third-order valence-electron chi connectivity index (χ3n) is 6.57. The summed E-state index contributed by atoms with van der Waals surface area (Å²) in [7, 11) is 1.54. The lowest BCUT2D eigenvalue weighted by atomic mass is 9.92. The maximum atomic E-state index is 13.6. The second kappa shape index (κ2) is 10.5. The largest absolute Gasteiger partial charge is 0.507 e. The molecule has 1 amide bonds. The summed E-state index contributed by atoms with van der Waals surface area (Å²) in [5, 5.41) is 11.6. The molecule has 1 unspecified atom stereocenters. The lowest BCUT2D eigenvalue weighted by molar-refractivity contribution is -0.132. The third-order valence-corrected chi connectivity index (χ3v) is 6.57. The van der Waals surface area contributed by atoms with E-state index in [1.807, 2.05) is 77.1 Å². The lowest BCUT2D eigenvalue weighted by Crippen LogP contribution is -2.29. The number of benzene rings is 3. The van der Waals surface area contributed by atoms with E-state index in [-0.39, 0.29) is 17.3 Å². The summed E-state index contributed by atoms with van der Waals surface area (Å²) in [6, 6.07) is 17.5. The van der Waals surface area contributed by atoms with E-state index in [2.05, 4.69) is 0 Å². The number of nitrogens with zero attached hydrogens (tertiary/aromatic N) is 1. The summed E-state index contributed by atoms with van der Waals surface area (Å²) < 4.78 is 11.4. The number of anilines is 1. The van der Waals surface area contributed by atoms with Crippen molar-refractivity contribution in [3.63, 3.8) is 0 Å². The minimum absolute atomic E-state index is 0.0209. The quantitative estimate of drug-likeness (QED) is 0.229. The van der Waals surface area contributed by atoms with Crippen molar-refractivity contribution in [2.45, 2.75) is 46.6 Å². The first-order chi connectivity index (χ1) is 17.7. The Labute approximate surface area is 218 Å². The molecule has 1 N–H and O–H groups in total. The number of hydrogen-bond acceptors (Lipinski definition) is 5. The highest BCUT2D eigenvalue weighted by Crippen LogP contribution is 2.45. The molecule has 6 heteroatoms. The summed E-state index contributed by atoms with van der Waals surface area (Å²) in [6.45, 7) is 10.4. The number of aryl methyl sites for hydroxylation is 2. The van der Waals surface area contributed by atoms with Crippen molar-refractivity contribution in [2.75, 3.05) is 18.6 Å². The predicted octanol–water partition coefficient (Wildman–Crippen LogP) is 6.46. The fourth-order valence-electron chi connectivity index (χ4n) is 4.96. The van der Waals surface area contributed by atoms with Gasteiger partial charge in [0.25, 0.3) is 11.7 Å². The predicted molar refractivity (Wildman–Crippen MR) is 145 cm³/mol. The molecule has 6 nitrogen and oxygen atoms in total. The zero-order chi connectivity index (χ0) is 26.9. The van der Waals surface area contributed by atoms with Crippen LogP contribution < -0.4 is 14.4 Å².